The quantitative estimate of drug-likeness (QED) is 0.613. The zero-order valence-corrected chi connectivity index (χ0v) is 9.19. The van der Waals surface area contributed by atoms with Crippen molar-refractivity contribution in [3.8, 4) is 0 Å². The smallest absolute Gasteiger partial charge is 0.0904 e. The van der Waals surface area contributed by atoms with Crippen LogP contribution in [-0.2, 0) is 6.42 Å². The summed E-state index contributed by atoms with van der Waals surface area (Å²) in [4.78, 5) is 5.78. The Morgan fingerprint density at radius 2 is 2.08 bits per heavy atom. The SMILES string of the molecule is CC.Cc1nc2c(s1)CC=CC=C2. The fraction of sp³-hybridized carbons (Fsp3) is 0.364. The van der Waals surface area contributed by atoms with E-state index < -0.39 is 0 Å². The van der Waals surface area contributed by atoms with Crippen LogP contribution in [0.3, 0.4) is 0 Å². The fourth-order valence-corrected chi connectivity index (χ4v) is 2.06. The Balaban J connectivity index is 0.000000396. The number of fused-ring (bicyclic) bond motifs is 1. The lowest BCUT2D eigenvalue weighted by molar-refractivity contribution is 1.23. The molecule has 0 spiro atoms. The maximum absolute atomic E-state index is 4.40. The number of hydrogen-bond donors (Lipinski definition) is 0. The van der Waals surface area contributed by atoms with E-state index in [0.29, 0.717) is 0 Å². The normalized spacial score (nSPS) is 12.8. The Morgan fingerprint density at radius 3 is 2.85 bits per heavy atom. The van der Waals surface area contributed by atoms with Crippen molar-refractivity contribution >= 4 is 17.4 Å². The van der Waals surface area contributed by atoms with Crippen LogP contribution in [0, 0.1) is 6.92 Å². The third-order valence-electron chi connectivity index (χ3n) is 1.64. The molecule has 0 saturated carbocycles. The minimum atomic E-state index is 1.04. The number of allylic oxidation sites excluding steroid dienone is 3. The summed E-state index contributed by atoms with van der Waals surface area (Å²) in [5.74, 6) is 0. The molecule has 1 aromatic heterocycles. The molecule has 0 unspecified atom stereocenters. The predicted octanol–water partition coefficient (Wildman–Crippen LogP) is 3.60. The van der Waals surface area contributed by atoms with Crippen molar-refractivity contribution < 1.29 is 0 Å². The van der Waals surface area contributed by atoms with Crippen LogP contribution in [0.4, 0.5) is 0 Å². The van der Waals surface area contributed by atoms with Crippen LogP contribution in [0.25, 0.3) is 6.08 Å². The lowest BCUT2D eigenvalue weighted by atomic mass is 10.3. The number of aromatic nitrogens is 1. The largest absolute Gasteiger partial charge is 0.242 e. The molecule has 1 aliphatic carbocycles. The Morgan fingerprint density at radius 1 is 1.31 bits per heavy atom. The van der Waals surface area contributed by atoms with Gasteiger partial charge in [0.15, 0.2) is 0 Å². The molecular weight excluding hydrogens is 178 g/mol. The number of aryl methyl sites for hydroxylation is 1. The minimum Gasteiger partial charge on any atom is -0.242 e. The van der Waals surface area contributed by atoms with Gasteiger partial charge in [0, 0.05) is 11.3 Å². The summed E-state index contributed by atoms with van der Waals surface area (Å²) < 4.78 is 0. The molecule has 0 aliphatic heterocycles. The number of thiazole rings is 1. The zero-order valence-electron chi connectivity index (χ0n) is 8.37. The molecule has 13 heavy (non-hydrogen) atoms. The van der Waals surface area contributed by atoms with Crippen LogP contribution in [-0.4, -0.2) is 4.98 Å². The van der Waals surface area contributed by atoms with Crippen LogP contribution in [0.2, 0.25) is 0 Å². The van der Waals surface area contributed by atoms with Gasteiger partial charge in [0.25, 0.3) is 0 Å². The first-order chi connectivity index (χ1) is 6.36. The Bertz CT molecular complexity index is 321. The van der Waals surface area contributed by atoms with Gasteiger partial charge >= 0.3 is 0 Å². The van der Waals surface area contributed by atoms with Gasteiger partial charge in [-0.05, 0) is 13.0 Å². The van der Waals surface area contributed by atoms with Gasteiger partial charge in [0.1, 0.15) is 0 Å². The minimum absolute atomic E-state index is 1.04. The van der Waals surface area contributed by atoms with Crippen molar-refractivity contribution in [1.29, 1.82) is 0 Å². The van der Waals surface area contributed by atoms with Crippen LogP contribution in [0.5, 0.6) is 0 Å². The first-order valence-electron chi connectivity index (χ1n) is 4.66. The van der Waals surface area contributed by atoms with Crippen molar-refractivity contribution in [3.63, 3.8) is 0 Å². The maximum Gasteiger partial charge on any atom is 0.0904 e. The van der Waals surface area contributed by atoms with E-state index in [-0.39, 0.29) is 0 Å². The lowest BCUT2D eigenvalue weighted by Gasteiger charge is -1.87. The standard InChI is InChI=1S/C9H9NS.C2H6/c1-7-10-8-5-3-2-4-6-9(8)11-7;1-2/h2-5H,6H2,1H3;1-2H3. The second kappa shape index (κ2) is 4.97. The van der Waals surface area contributed by atoms with Gasteiger partial charge in [-0.25, -0.2) is 4.98 Å². The molecule has 1 aliphatic rings. The van der Waals surface area contributed by atoms with Crippen molar-refractivity contribution in [1.82, 2.24) is 4.98 Å². The summed E-state index contributed by atoms with van der Waals surface area (Å²) in [6, 6.07) is 0. The van der Waals surface area contributed by atoms with Gasteiger partial charge in [0.05, 0.1) is 10.7 Å². The molecule has 1 aromatic rings. The van der Waals surface area contributed by atoms with E-state index in [4.69, 9.17) is 0 Å². The molecule has 0 atom stereocenters. The Labute approximate surface area is 83.8 Å². The molecule has 0 fully saturated rings. The molecule has 0 aromatic carbocycles. The van der Waals surface area contributed by atoms with Crippen LogP contribution in [0.15, 0.2) is 18.2 Å². The van der Waals surface area contributed by atoms with E-state index >= 15 is 0 Å². The summed E-state index contributed by atoms with van der Waals surface area (Å²) in [6.45, 7) is 6.05. The fourth-order valence-electron chi connectivity index (χ4n) is 1.16. The second-order valence-corrected chi connectivity index (χ2v) is 3.82. The lowest BCUT2D eigenvalue weighted by Crippen LogP contribution is -1.77. The topological polar surface area (TPSA) is 12.9 Å². The predicted molar refractivity (Wildman–Crippen MR) is 60.1 cm³/mol. The van der Waals surface area contributed by atoms with Gasteiger partial charge < -0.3 is 0 Å². The van der Waals surface area contributed by atoms with E-state index in [1.165, 1.54) is 4.88 Å². The maximum atomic E-state index is 4.40. The molecule has 1 heterocycles. The second-order valence-electron chi connectivity index (χ2n) is 2.53. The number of rotatable bonds is 0. The summed E-state index contributed by atoms with van der Waals surface area (Å²) in [6.07, 6.45) is 9.39. The molecule has 0 bridgehead atoms. The van der Waals surface area contributed by atoms with Crippen molar-refractivity contribution in [3.05, 3.63) is 33.8 Å². The average Bonchev–Trinajstić information content (AvgIpc) is 2.36. The summed E-state index contributed by atoms with van der Waals surface area (Å²) in [5, 5.41) is 1.16. The summed E-state index contributed by atoms with van der Waals surface area (Å²) in [5.41, 5.74) is 1.15. The molecule has 2 heteroatoms. The summed E-state index contributed by atoms with van der Waals surface area (Å²) >= 11 is 1.79. The van der Waals surface area contributed by atoms with E-state index in [2.05, 4.69) is 30.1 Å². The summed E-state index contributed by atoms with van der Waals surface area (Å²) in [7, 11) is 0. The molecule has 2 rings (SSSR count). The first-order valence-corrected chi connectivity index (χ1v) is 5.47. The van der Waals surface area contributed by atoms with Gasteiger partial charge in [-0.3, -0.25) is 0 Å². The van der Waals surface area contributed by atoms with Gasteiger partial charge in [-0.2, -0.15) is 0 Å². The molecule has 70 valence electrons. The highest BCUT2D eigenvalue weighted by Gasteiger charge is 2.05. The highest BCUT2D eigenvalue weighted by molar-refractivity contribution is 7.11. The highest BCUT2D eigenvalue weighted by atomic mass is 32.1. The molecule has 0 amide bonds. The highest BCUT2D eigenvalue weighted by Crippen LogP contribution is 2.21. The molecule has 0 N–H and O–H groups in total. The van der Waals surface area contributed by atoms with E-state index in [1.54, 1.807) is 11.3 Å². The van der Waals surface area contributed by atoms with Crippen molar-refractivity contribution in [2.24, 2.45) is 0 Å². The van der Waals surface area contributed by atoms with Gasteiger partial charge in [-0.15, -0.1) is 11.3 Å². The third-order valence-corrected chi connectivity index (χ3v) is 2.65. The Kier molecular flexibility index (Phi) is 3.90. The van der Waals surface area contributed by atoms with Gasteiger partial charge in [0.2, 0.25) is 0 Å². The van der Waals surface area contributed by atoms with Crippen LogP contribution in [0.1, 0.15) is 29.4 Å². The Hall–Kier alpha value is -0.890. The van der Waals surface area contributed by atoms with E-state index in [0.717, 1.165) is 17.1 Å². The van der Waals surface area contributed by atoms with Crippen LogP contribution >= 0.6 is 11.3 Å². The van der Waals surface area contributed by atoms with Crippen molar-refractivity contribution in [2.75, 3.05) is 0 Å². The molecule has 0 saturated heterocycles. The number of hydrogen-bond acceptors (Lipinski definition) is 2. The van der Waals surface area contributed by atoms with E-state index in [9.17, 15) is 0 Å². The number of nitrogens with zero attached hydrogens (tertiary/aromatic N) is 1. The average molecular weight is 193 g/mol. The van der Waals surface area contributed by atoms with Crippen LogP contribution < -0.4 is 0 Å². The monoisotopic (exact) mass is 193 g/mol. The third kappa shape index (κ3) is 2.52. The zero-order chi connectivity index (χ0) is 9.68. The first kappa shape index (κ1) is 10.2. The van der Waals surface area contributed by atoms with E-state index in [1.807, 2.05) is 19.9 Å². The van der Waals surface area contributed by atoms with Gasteiger partial charge in [-0.1, -0.05) is 32.1 Å². The molecular formula is C11H15NS. The van der Waals surface area contributed by atoms with Crippen molar-refractivity contribution in [2.45, 2.75) is 27.2 Å². The molecule has 0 radical (unpaired) electrons. The molecule has 1 nitrogen and oxygen atoms in total.